The first-order valence-corrected chi connectivity index (χ1v) is 9.38. The van der Waals surface area contributed by atoms with Gasteiger partial charge in [0.2, 0.25) is 11.8 Å². The van der Waals surface area contributed by atoms with E-state index in [9.17, 15) is 24.3 Å². The molecule has 13 heteroatoms. The van der Waals surface area contributed by atoms with E-state index in [1.165, 1.54) is 18.3 Å². The van der Waals surface area contributed by atoms with Crippen molar-refractivity contribution in [3.63, 3.8) is 0 Å². The molecule has 0 radical (unpaired) electrons. The summed E-state index contributed by atoms with van der Waals surface area (Å²) in [6, 6.07) is 0. The van der Waals surface area contributed by atoms with Crippen LogP contribution in [0.5, 0.6) is 0 Å². The molecule has 1 aromatic rings. The average molecular weight is 413 g/mol. The van der Waals surface area contributed by atoms with Gasteiger partial charge in [-0.3, -0.25) is 14.5 Å². The molecule has 1 fully saturated rings. The fourth-order valence-corrected chi connectivity index (χ4v) is 5.10. The van der Waals surface area contributed by atoms with E-state index >= 15 is 0 Å². The lowest BCUT2D eigenvalue weighted by Gasteiger charge is -2.50. The van der Waals surface area contributed by atoms with Gasteiger partial charge in [0, 0.05) is 17.9 Å². The van der Waals surface area contributed by atoms with E-state index in [2.05, 4.69) is 10.3 Å². The number of hydrogen-bond donors (Lipinski definition) is 4. The second-order valence-electron chi connectivity index (χ2n) is 5.69. The highest BCUT2D eigenvalue weighted by atomic mass is 32.2. The predicted molar refractivity (Wildman–Crippen MR) is 95.3 cm³/mol. The van der Waals surface area contributed by atoms with Crippen LogP contribution in [0.3, 0.4) is 0 Å². The van der Waals surface area contributed by atoms with E-state index in [0.29, 0.717) is 10.8 Å². The highest BCUT2D eigenvalue weighted by molar-refractivity contribution is 8.00. The van der Waals surface area contributed by atoms with Crippen LogP contribution in [0.4, 0.5) is 9.93 Å². The summed E-state index contributed by atoms with van der Waals surface area (Å²) in [5, 5.41) is 12.8. The number of fused-ring (bicyclic) bond motifs is 1. The van der Waals surface area contributed by atoms with Crippen molar-refractivity contribution in [2.24, 2.45) is 5.73 Å². The predicted octanol–water partition coefficient (Wildman–Crippen LogP) is -0.380. The smallest absolute Gasteiger partial charge is 0.404 e. The number of ether oxygens (including phenoxy) is 1. The topological polar surface area (TPSA) is 178 Å². The van der Waals surface area contributed by atoms with E-state index in [1.54, 1.807) is 5.38 Å². The number of β-lactam (4-membered cyclic amide) rings is 1. The summed E-state index contributed by atoms with van der Waals surface area (Å²) in [4.78, 5) is 52.2. The average Bonchev–Trinajstić information content (AvgIpc) is 2.97. The van der Waals surface area contributed by atoms with Gasteiger partial charge in [-0.2, -0.15) is 0 Å². The first-order chi connectivity index (χ1) is 12.7. The number of aliphatic carboxylic acids is 1. The van der Waals surface area contributed by atoms with Crippen LogP contribution in [-0.4, -0.2) is 56.2 Å². The van der Waals surface area contributed by atoms with Gasteiger partial charge in [-0.15, -0.1) is 23.1 Å². The van der Waals surface area contributed by atoms with Crippen LogP contribution in [0.2, 0.25) is 0 Å². The zero-order chi connectivity index (χ0) is 19.9. The van der Waals surface area contributed by atoms with Crippen LogP contribution in [0, 0.1) is 0 Å². The minimum absolute atomic E-state index is 0.0577. The molecule has 11 nitrogen and oxygen atoms in total. The number of amides is 3. The highest BCUT2D eigenvalue weighted by Crippen LogP contribution is 2.50. The number of thiazole rings is 1. The zero-order valence-electron chi connectivity index (χ0n) is 13.9. The van der Waals surface area contributed by atoms with Crippen molar-refractivity contribution in [2.45, 2.75) is 23.6 Å². The first-order valence-electron chi connectivity index (χ1n) is 7.55. The molecule has 3 rings (SSSR count). The number of nitrogens with two attached hydrogens (primary N) is 2. The maximum absolute atomic E-state index is 12.7. The lowest BCUT2D eigenvalue weighted by atomic mass is 9.92. The molecule has 0 bridgehead atoms. The number of aromatic nitrogens is 1. The van der Waals surface area contributed by atoms with Crippen LogP contribution < -0.4 is 16.8 Å². The van der Waals surface area contributed by atoms with E-state index in [4.69, 9.17) is 16.2 Å². The van der Waals surface area contributed by atoms with Gasteiger partial charge in [0.15, 0.2) is 5.13 Å². The standard InChI is InChI=1S/C14H15N5O6S2/c1-4(20)17-9-5(2-25-14(16)24)8(12(22)23)19-10(21)7(11(19)27-9)6-3-26-13(15)18-6/h3,7,9,11H,2H2,1H3,(H2,15,18)(H2,16,24)(H,17,20)(H,22,23)/t7?,9?,11-/m1/s1. The summed E-state index contributed by atoms with van der Waals surface area (Å²) in [5.74, 6) is -2.95. The van der Waals surface area contributed by atoms with Crippen molar-refractivity contribution < 1.29 is 29.0 Å². The molecule has 3 amide bonds. The Morgan fingerprint density at radius 2 is 2.15 bits per heavy atom. The minimum atomic E-state index is -1.39. The number of carboxylic acids is 1. The number of carbonyl (C=O) groups excluding carboxylic acids is 3. The number of hydrogen-bond acceptors (Lipinski definition) is 9. The van der Waals surface area contributed by atoms with E-state index in [0.717, 1.165) is 16.7 Å². The molecule has 2 aliphatic rings. The van der Waals surface area contributed by atoms with Crippen LogP contribution in [-0.2, 0) is 19.1 Å². The van der Waals surface area contributed by atoms with Crippen molar-refractivity contribution in [1.29, 1.82) is 0 Å². The van der Waals surface area contributed by atoms with Gasteiger partial charge in [0.05, 0.1) is 5.69 Å². The van der Waals surface area contributed by atoms with Gasteiger partial charge in [-0.05, 0) is 0 Å². The van der Waals surface area contributed by atoms with E-state index in [1.807, 2.05) is 0 Å². The molecule has 0 spiro atoms. The van der Waals surface area contributed by atoms with Crippen molar-refractivity contribution in [3.8, 4) is 0 Å². The zero-order valence-corrected chi connectivity index (χ0v) is 15.5. The van der Waals surface area contributed by atoms with Gasteiger partial charge in [-0.25, -0.2) is 14.6 Å². The molecule has 3 heterocycles. The monoisotopic (exact) mass is 413 g/mol. The first kappa shape index (κ1) is 19.0. The van der Waals surface area contributed by atoms with Gasteiger partial charge in [-0.1, -0.05) is 0 Å². The van der Waals surface area contributed by atoms with Crippen LogP contribution >= 0.6 is 23.1 Å². The molecule has 3 atom stereocenters. The van der Waals surface area contributed by atoms with Crippen LogP contribution in [0.1, 0.15) is 18.5 Å². The van der Waals surface area contributed by atoms with Crippen molar-refractivity contribution in [1.82, 2.24) is 15.2 Å². The normalized spacial score (nSPS) is 24.1. The molecule has 6 N–H and O–H groups in total. The van der Waals surface area contributed by atoms with Crippen LogP contribution in [0.15, 0.2) is 16.7 Å². The molecule has 0 saturated carbocycles. The highest BCUT2D eigenvalue weighted by Gasteiger charge is 2.57. The van der Waals surface area contributed by atoms with E-state index < -0.39 is 47.1 Å². The largest absolute Gasteiger partial charge is 0.477 e. The Kier molecular flexibility index (Phi) is 4.97. The molecule has 2 unspecified atom stereocenters. The lowest BCUT2D eigenvalue weighted by molar-refractivity contribution is -0.148. The summed E-state index contributed by atoms with van der Waals surface area (Å²) >= 11 is 2.32. The maximum Gasteiger partial charge on any atom is 0.404 e. The number of rotatable bonds is 5. The Morgan fingerprint density at radius 3 is 2.67 bits per heavy atom. The lowest BCUT2D eigenvalue weighted by Crippen LogP contribution is -2.62. The summed E-state index contributed by atoms with van der Waals surface area (Å²) < 4.78 is 4.72. The molecule has 2 aliphatic heterocycles. The molecule has 1 aromatic heterocycles. The third kappa shape index (κ3) is 3.42. The van der Waals surface area contributed by atoms with E-state index in [-0.39, 0.29) is 11.3 Å². The fraction of sp³-hybridized carbons (Fsp3) is 0.357. The number of nitrogens with zero attached hydrogens (tertiary/aromatic N) is 2. The number of nitrogens with one attached hydrogen (secondary N) is 1. The second kappa shape index (κ2) is 7.08. The van der Waals surface area contributed by atoms with Gasteiger partial charge >= 0.3 is 12.1 Å². The third-order valence-electron chi connectivity index (χ3n) is 3.95. The number of thioether (sulfide) groups is 1. The molecular formula is C14H15N5O6S2. The summed E-state index contributed by atoms with van der Waals surface area (Å²) in [6.07, 6.45) is -1.10. The number of primary amides is 1. The number of anilines is 1. The molecule has 144 valence electrons. The third-order valence-corrected chi connectivity index (χ3v) is 6.07. The summed E-state index contributed by atoms with van der Waals surface area (Å²) in [7, 11) is 0. The Bertz CT molecular complexity index is 868. The Morgan fingerprint density at radius 1 is 1.44 bits per heavy atom. The van der Waals surface area contributed by atoms with Gasteiger partial charge in [0.1, 0.15) is 29.0 Å². The SMILES string of the molecule is CC(=O)NC1S[C@@H]2C(c3csc(N)n3)C(=O)N2C(C(=O)O)=C1COC(N)=O. The molecular weight excluding hydrogens is 398 g/mol. The molecule has 1 saturated heterocycles. The van der Waals surface area contributed by atoms with Crippen molar-refractivity contribution in [2.75, 3.05) is 12.3 Å². The second-order valence-corrected chi connectivity index (χ2v) is 7.81. The van der Waals surface area contributed by atoms with Crippen LogP contribution in [0.25, 0.3) is 0 Å². The molecule has 27 heavy (non-hydrogen) atoms. The van der Waals surface area contributed by atoms with Gasteiger partial charge in [0.25, 0.3) is 0 Å². The molecule has 0 aromatic carbocycles. The minimum Gasteiger partial charge on any atom is -0.477 e. The Hall–Kier alpha value is -2.80. The summed E-state index contributed by atoms with van der Waals surface area (Å²) in [6.45, 7) is 0.796. The number of carbonyl (C=O) groups is 4. The molecule has 0 aliphatic carbocycles. The van der Waals surface area contributed by atoms with Crippen molar-refractivity contribution >= 4 is 52.1 Å². The van der Waals surface area contributed by atoms with Gasteiger partial charge < -0.3 is 26.6 Å². The quantitative estimate of drug-likeness (QED) is 0.468. The number of nitrogen functional groups attached to an aromatic ring is 1. The van der Waals surface area contributed by atoms with Crippen molar-refractivity contribution in [3.05, 3.63) is 22.3 Å². The summed E-state index contributed by atoms with van der Waals surface area (Å²) in [5.41, 5.74) is 10.7. The Balaban J connectivity index is 2.00. The number of carboxylic acid groups (broad SMARTS) is 1. The fourth-order valence-electron chi connectivity index (χ4n) is 2.90. The Labute approximate surface area is 160 Å². The maximum atomic E-state index is 12.7.